The first-order valence-corrected chi connectivity index (χ1v) is 19.6. The van der Waals surface area contributed by atoms with E-state index in [-0.39, 0.29) is 18.4 Å². The van der Waals surface area contributed by atoms with E-state index in [9.17, 15) is 9.59 Å². The van der Waals surface area contributed by atoms with E-state index >= 15 is 0 Å². The third-order valence-electron chi connectivity index (χ3n) is 9.47. The molecule has 55 heavy (non-hydrogen) atoms. The van der Waals surface area contributed by atoms with Crippen molar-refractivity contribution in [3.8, 4) is 56.8 Å². The highest BCUT2D eigenvalue weighted by Gasteiger charge is 2.17. The molecule has 292 valence electrons. The minimum absolute atomic E-state index is 0.221. The van der Waals surface area contributed by atoms with Gasteiger partial charge in [-0.15, -0.1) is 0 Å². The van der Waals surface area contributed by atoms with E-state index in [2.05, 4.69) is 36.4 Å². The molecular formula is C45H52O10. The van der Waals surface area contributed by atoms with E-state index in [1.165, 1.54) is 5.56 Å². The zero-order chi connectivity index (χ0) is 38.2. The third kappa shape index (κ3) is 11.3. The lowest BCUT2D eigenvalue weighted by molar-refractivity contribution is -0.144. The van der Waals surface area contributed by atoms with Crippen molar-refractivity contribution in [3.63, 3.8) is 0 Å². The van der Waals surface area contributed by atoms with Gasteiger partial charge in [0.2, 0.25) is 0 Å². The number of aryl methyl sites for hydroxylation is 1. The Morgan fingerprint density at radius 3 is 1.76 bits per heavy atom. The van der Waals surface area contributed by atoms with Crippen LogP contribution in [-0.2, 0) is 31.9 Å². The van der Waals surface area contributed by atoms with Crippen molar-refractivity contribution >= 4 is 11.9 Å². The summed E-state index contributed by atoms with van der Waals surface area (Å²) in [5.41, 5.74) is 6.27. The van der Waals surface area contributed by atoms with Crippen LogP contribution in [-0.4, -0.2) is 64.8 Å². The van der Waals surface area contributed by atoms with Gasteiger partial charge in [0, 0.05) is 12.8 Å². The number of unbranched alkanes of at least 4 members (excludes halogenated alkanes) is 3. The molecule has 0 unspecified atom stereocenters. The maximum atomic E-state index is 12.2. The van der Waals surface area contributed by atoms with Crippen LogP contribution in [0.25, 0.3) is 22.3 Å². The minimum Gasteiger partial charge on any atom is -0.494 e. The largest absolute Gasteiger partial charge is 0.494 e. The second-order valence-electron chi connectivity index (χ2n) is 13.4. The lowest BCUT2D eigenvalue weighted by Gasteiger charge is -2.20. The number of hydrogen-bond donors (Lipinski definition) is 0. The van der Waals surface area contributed by atoms with Gasteiger partial charge in [-0.1, -0.05) is 37.1 Å². The molecule has 0 spiro atoms. The summed E-state index contributed by atoms with van der Waals surface area (Å²) in [6, 6.07) is 24.4. The van der Waals surface area contributed by atoms with E-state index in [0.29, 0.717) is 72.1 Å². The van der Waals surface area contributed by atoms with Crippen molar-refractivity contribution in [1.82, 2.24) is 0 Å². The van der Waals surface area contributed by atoms with E-state index < -0.39 is 0 Å². The molecule has 0 saturated carbocycles. The Bertz CT molecular complexity index is 1810. The van der Waals surface area contributed by atoms with Crippen molar-refractivity contribution in [3.05, 3.63) is 83.9 Å². The number of carbonyl (C=O) groups excluding carboxylic acids is 2. The highest BCUT2D eigenvalue weighted by atomic mass is 16.6. The molecule has 4 aromatic carbocycles. The van der Waals surface area contributed by atoms with E-state index in [1.807, 2.05) is 43.3 Å². The van der Waals surface area contributed by atoms with Gasteiger partial charge in [0.25, 0.3) is 0 Å². The highest BCUT2D eigenvalue weighted by Crippen LogP contribution is 2.40. The zero-order valence-electron chi connectivity index (χ0n) is 32.0. The fraction of sp³-hybridized carbons (Fsp3) is 0.422. The van der Waals surface area contributed by atoms with Crippen LogP contribution in [0.15, 0.2) is 72.8 Å². The van der Waals surface area contributed by atoms with E-state index in [0.717, 1.165) is 94.4 Å². The summed E-state index contributed by atoms with van der Waals surface area (Å²) in [6.07, 6.45) is 6.51. The molecule has 2 aliphatic heterocycles. The Morgan fingerprint density at radius 2 is 1.13 bits per heavy atom. The summed E-state index contributed by atoms with van der Waals surface area (Å²) in [7, 11) is 0. The van der Waals surface area contributed by atoms with Crippen molar-refractivity contribution < 1.29 is 47.5 Å². The Kier molecular flexibility index (Phi) is 14.5. The van der Waals surface area contributed by atoms with Crippen LogP contribution in [0.4, 0.5) is 0 Å². The molecule has 2 heterocycles. The number of carbonyl (C=O) groups is 2. The lowest BCUT2D eigenvalue weighted by Crippen LogP contribution is -2.15. The van der Waals surface area contributed by atoms with Crippen molar-refractivity contribution in [2.75, 3.05) is 52.9 Å². The molecule has 10 nitrogen and oxygen atoms in total. The summed E-state index contributed by atoms with van der Waals surface area (Å²) in [6.45, 7) is 7.47. The monoisotopic (exact) mass is 752 g/mol. The maximum Gasteiger partial charge on any atom is 0.306 e. The standard InChI is InChI=1S/C45H52O10/c1-3-48-44(46)14-10-22-51-39-13-9-12-32(38(39)17-20-45(47)49-4-2)11-7-5-6-8-21-50-37-28-35(33-15-18-40-42(30-33)54-25-23-52-40)27-36(29-37)34-16-19-41-43(31-34)55-26-24-53-41/h9,12-13,15-16,18-19,27-31H,3-8,10-11,14,17,20-26H2,1-2H3. The van der Waals surface area contributed by atoms with Crippen LogP contribution < -0.4 is 28.4 Å². The van der Waals surface area contributed by atoms with Gasteiger partial charge in [0.15, 0.2) is 23.0 Å². The fourth-order valence-corrected chi connectivity index (χ4v) is 6.78. The quantitative estimate of drug-likeness (QED) is 0.0642. The number of ether oxygens (including phenoxy) is 8. The van der Waals surface area contributed by atoms with Crippen LogP contribution in [0, 0.1) is 0 Å². The van der Waals surface area contributed by atoms with Crippen molar-refractivity contribution in [2.24, 2.45) is 0 Å². The first kappa shape index (κ1) is 39.3. The summed E-state index contributed by atoms with van der Waals surface area (Å²) in [4.78, 5) is 24.0. The van der Waals surface area contributed by atoms with Gasteiger partial charge >= 0.3 is 11.9 Å². The molecule has 10 heteroatoms. The first-order chi connectivity index (χ1) is 27.0. The van der Waals surface area contributed by atoms with Gasteiger partial charge in [-0.3, -0.25) is 9.59 Å². The number of rotatable bonds is 20. The Morgan fingerprint density at radius 1 is 0.545 bits per heavy atom. The molecule has 0 saturated heterocycles. The minimum atomic E-state index is -0.223. The van der Waals surface area contributed by atoms with Gasteiger partial charge < -0.3 is 37.9 Å². The molecule has 0 N–H and O–H groups in total. The van der Waals surface area contributed by atoms with Crippen molar-refractivity contribution in [2.45, 2.75) is 71.6 Å². The molecular weight excluding hydrogens is 700 g/mol. The first-order valence-electron chi connectivity index (χ1n) is 19.6. The molecule has 0 aliphatic carbocycles. The van der Waals surface area contributed by atoms with Gasteiger partial charge in [-0.05, 0) is 128 Å². The lowest BCUT2D eigenvalue weighted by atomic mass is 9.96. The van der Waals surface area contributed by atoms with Crippen LogP contribution in [0.3, 0.4) is 0 Å². The predicted molar refractivity (Wildman–Crippen MR) is 210 cm³/mol. The molecule has 0 amide bonds. The average Bonchev–Trinajstić information content (AvgIpc) is 3.21. The number of fused-ring (bicyclic) bond motifs is 2. The smallest absolute Gasteiger partial charge is 0.306 e. The zero-order valence-corrected chi connectivity index (χ0v) is 32.0. The predicted octanol–water partition coefficient (Wildman–Crippen LogP) is 8.96. The molecule has 0 fully saturated rings. The number of benzene rings is 4. The van der Waals surface area contributed by atoms with Crippen LogP contribution in [0.1, 0.15) is 69.9 Å². The maximum absolute atomic E-state index is 12.2. The average molecular weight is 753 g/mol. The van der Waals surface area contributed by atoms with Crippen LogP contribution in [0.5, 0.6) is 34.5 Å². The summed E-state index contributed by atoms with van der Waals surface area (Å²) in [5, 5.41) is 0. The van der Waals surface area contributed by atoms with Crippen molar-refractivity contribution in [1.29, 1.82) is 0 Å². The van der Waals surface area contributed by atoms with Gasteiger partial charge in [0.05, 0.1) is 26.4 Å². The van der Waals surface area contributed by atoms with E-state index in [4.69, 9.17) is 37.9 Å². The SMILES string of the molecule is CCOC(=O)CCCOc1cccc(CCCCCCOc2cc(-c3ccc4c(c3)OCCO4)cc(-c3ccc4c(c3)OCCO4)c2)c1CCC(=O)OCC. The van der Waals surface area contributed by atoms with E-state index in [1.54, 1.807) is 6.92 Å². The molecule has 6 rings (SSSR count). The normalized spacial score (nSPS) is 12.8. The Balaban J connectivity index is 1.06. The highest BCUT2D eigenvalue weighted by molar-refractivity contribution is 5.77. The summed E-state index contributed by atoms with van der Waals surface area (Å²) >= 11 is 0. The molecule has 0 aromatic heterocycles. The fourth-order valence-electron chi connectivity index (χ4n) is 6.78. The third-order valence-corrected chi connectivity index (χ3v) is 9.47. The summed E-state index contributed by atoms with van der Waals surface area (Å²) < 4.78 is 46.0. The van der Waals surface area contributed by atoms with Crippen LogP contribution >= 0.6 is 0 Å². The van der Waals surface area contributed by atoms with Gasteiger partial charge in [-0.2, -0.15) is 0 Å². The molecule has 0 bridgehead atoms. The molecule has 2 aliphatic rings. The second-order valence-corrected chi connectivity index (χ2v) is 13.4. The Hall–Kier alpha value is -5.38. The molecule has 4 aromatic rings. The molecule has 0 radical (unpaired) electrons. The Labute approximate surface area is 323 Å². The number of esters is 2. The topological polar surface area (TPSA) is 108 Å². The second kappa shape index (κ2) is 20.3. The van der Waals surface area contributed by atoms with Gasteiger partial charge in [-0.25, -0.2) is 0 Å². The molecule has 0 atom stereocenters. The number of hydrogen-bond acceptors (Lipinski definition) is 10. The van der Waals surface area contributed by atoms with Crippen LogP contribution in [0.2, 0.25) is 0 Å². The summed E-state index contributed by atoms with van der Waals surface area (Å²) in [5.74, 6) is 4.10. The van der Waals surface area contributed by atoms with Gasteiger partial charge in [0.1, 0.15) is 37.9 Å².